The minimum Gasteiger partial charge on any atom is -0.334 e. The summed E-state index contributed by atoms with van der Waals surface area (Å²) in [4.78, 5) is 14.4. The molecule has 2 heterocycles. The predicted octanol–water partition coefficient (Wildman–Crippen LogP) is 0.899. The Bertz CT molecular complexity index is 427. The van der Waals surface area contributed by atoms with Crippen LogP contribution in [0.2, 0.25) is 0 Å². The van der Waals surface area contributed by atoms with Crippen molar-refractivity contribution in [1.82, 2.24) is 20.0 Å². The van der Waals surface area contributed by atoms with Gasteiger partial charge in [0.1, 0.15) is 5.69 Å². The highest BCUT2D eigenvalue weighted by Crippen LogP contribution is 2.11. The van der Waals surface area contributed by atoms with E-state index < -0.39 is 0 Å². The third-order valence-corrected chi connectivity index (χ3v) is 3.37. The normalized spacial score (nSPS) is 20.2. The van der Waals surface area contributed by atoms with Crippen LogP contribution in [0.4, 0.5) is 0 Å². The van der Waals surface area contributed by atoms with Crippen LogP contribution in [0.5, 0.6) is 0 Å². The molecule has 1 aliphatic rings. The van der Waals surface area contributed by atoms with Crippen molar-refractivity contribution in [3.8, 4) is 0 Å². The number of aryl methyl sites for hydroxylation is 2. The lowest BCUT2D eigenvalue weighted by molar-refractivity contribution is 0.0696. The van der Waals surface area contributed by atoms with Crippen LogP contribution >= 0.6 is 0 Å². The molecule has 5 nitrogen and oxygen atoms in total. The molecule has 1 N–H and O–H groups in total. The molecule has 1 amide bonds. The number of carbonyl (C=O) groups excluding carboxylic acids is 1. The van der Waals surface area contributed by atoms with Crippen LogP contribution in [0.25, 0.3) is 0 Å². The maximum absolute atomic E-state index is 12.5. The molecule has 2 rings (SSSR count). The van der Waals surface area contributed by atoms with E-state index in [-0.39, 0.29) is 5.91 Å². The summed E-state index contributed by atoms with van der Waals surface area (Å²) in [6.45, 7) is 9.34. The van der Waals surface area contributed by atoms with E-state index in [2.05, 4.69) is 24.3 Å². The summed E-state index contributed by atoms with van der Waals surface area (Å²) in [5.74, 6) is 0.109. The summed E-state index contributed by atoms with van der Waals surface area (Å²) in [6.07, 6.45) is 0.866. The zero-order valence-electron chi connectivity index (χ0n) is 11.4. The highest BCUT2D eigenvalue weighted by molar-refractivity contribution is 5.92. The lowest BCUT2D eigenvalue weighted by Crippen LogP contribution is -2.51. The van der Waals surface area contributed by atoms with Crippen molar-refractivity contribution in [2.75, 3.05) is 19.6 Å². The maximum Gasteiger partial charge on any atom is 0.272 e. The van der Waals surface area contributed by atoms with Crippen LogP contribution in [-0.2, 0) is 13.0 Å². The van der Waals surface area contributed by atoms with Crippen LogP contribution in [0, 0.1) is 0 Å². The number of hydrogen-bond acceptors (Lipinski definition) is 3. The van der Waals surface area contributed by atoms with Crippen LogP contribution in [0.15, 0.2) is 6.07 Å². The van der Waals surface area contributed by atoms with Crippen LogP contribution in [-0.4, -0.2) is 46.3 Å². The largest absolute Gasteiger partial charge is 0.334 e. The van der Waals surface area contributed by atoms with E-state index in [1.807, 2.05) is 22.6 Å². The zero-order chi connectivity index (χ0) is 13.1. The molecule has 0 bridgehead atoms. The first-order valence-electron chi connectivity index (χ1n) is 6.75. The summed E-state index contributed by atoms with van der Waals surface area (Å²) in [7, 11) is 0. The second kappa shape index (κ2) is 5.52. The summed E-state index contributed by atoms with van der Waals surface area (Å²) in [6, 6.07) is 2.30. The highest BCUT2D eigenvalue weighted by Gasteiger charge is 2.24. The molecule has 0 aromatic carbocycles. The summed E-state index contributed by atoms with van der Waals surface area (Å²) in [5.41, 5.74) is 1.71. The van der Waals surface area contributed by atoms with Crippen molar-refractivity contribution in [3.05, 3.63) is 17.5 Å². The molecule has 1 aliphatic heterocycles. The third-order valence-electron chi connectivity index (χ3n) is 3.37. The molecule has 1 aromatic rings. The van der Waals surface area contributed by atoms with Crippen LogP contribution in [0.1, 0.15) is 37.0 Å². The van der Waals surface area contributed by atoms with Gasteiger partial charge in [-0.15, -0.1) is 0 Å². The van der Waals surface area contributed by atoms with Crippen molar-refractivity contribution in [1.29, 1.82) is 0 Å². The second-order valence-electron chi connectivity index (χ2n) is 4.80. The van der Waals surface area contributed by atoms with Crippen LogP contribution in [0.3, 0.4) is 0 Å². The molecule has 0 spiro atoms. The van der Waals surface area contributed by atoms with Gasteiger partial charge in [-0.1, -0.05) is 6.92 Å². The fraction of sp³-hybridized carbons (Fsp3) is 0.692. The number of nitrogens with one attached hydrogen (secondary N) is 1. The van der Waals surface area contributed by atoms with Gasteiger partial charge in [-0.2, -0.15) is 5.10 Å². The Kier molecular flexibility index (Phi) is 4.01. The summed E-state index contributed by atoms with van der Waals surface area (Å²) >= 11 is 0. The molecule has 0 aliphatic carbocycles. The number of aromatic nitrogens is 2. The number of piperazine rings is 1. The number of rotatable bonds is 3. The maximum atomic E-state index is 12.5. The average molecular weight is 250 g/mol. The molecule has 1 saturated heterocycles. The van der Waals surface area contributed by atoms with E-state index in [9.17, 15) is 4.79 Å². The molecule has 0 radical (unpaired) electrons. The highest BCUT2D eigenvalue weighted by atomic mass is 16.2. The second-order valence-corrected chi connectivity index (χ2v) is 4.80. The van der Waals surface area contributed by atoms with Gasteiger partial charge in [0.2, 0.25) is 0 Å². The summed E-state index contributed by atoms with van der Waals surface area (Å²) < 4.78 is 1.81. The van der Waals surface area contributed by atoms with Gasteiger partial charge in [0.15, 0.2) is 0 Å². The van der Waals surface area contributed by atoms with Crippen molar-refractivity contribution in [2.24, 2.45) is 0 Å². The van der Waals surface area contributed by atoms with E-state index in [0.29, 0.717) is 6.04 Å². The first kappa shape index (κ1) is 13.1. The van der Waals surface area contributed by atoms with Crippen molar-refractivity contribution < 1.29 is 4.79 Å². The van der Waals surface area contributed by atoms with Gasteiger partial charge in [-0.3, -0.25) is 9.48 Å². The van der Waals surface area contributed by atoms with E-state index in [4.69, 9.17) is 0 Å². The standard InChI is InChI=1S/C13H22N4O/c1-4-11-8-12(17(5-2)15-11)13(18)16-7-6-14-10(3)9-16/h8,10,14H,4-7,9H2,1-3H3/t10-/m0/s1. The summed E-state index contributed by atoms with van der Waals surface area (Å²) in [5, 5.41) is 7.78. The topological polar surface area (TPSA) is 50.2 Å². The van der Waals surface area contributed by atoms with Crippen LogP contribution < -0.4 is 5.32 Å². The van der Waals surface area contributed by atoms with Gasteiger partial charge in [0.05, 0.1) is 5.69 Å². The number of carbonyl (C=O) groups is 1. The molecule has 1 aromatic heterocycles. The number of hydrogen-bond donors (Lipinski definition) is 1. The minimum absolute atomic E-state index is 0.109. The Labute approximate surface area is 108 Å². The van der Waals surface area contributed by atoms with Gasteiger partial charge in [-0.25, -0.2) is 0 Å². The lowest BCUT2D eigenvalue weighted by atomic mass is 10.2. The number of amides is 1. The Morgan fingerprint density at radius 3 is 2.94 bits per heavy atom. The Morgan fingerprint density at radius 2 is 2.33 bits per heavy atom. The molecule has 1 atom stereocenters. The van der Waals surface area contributed by atoms with Gasteiger partial charge in [-0.05, 0) is 26.3 Å². The molecular weight excluding hydrogens is 228 g/mol. The Hall–Kier alpha value is -1.36. The molecule has 5 heteroatoms. The molecule has 0 saturated carbocycles. The van der Waals surface area contributed by atoms with Gasteiger partial charge in [0, 0.05) is 32.2 Å². The fourth-order valence-electron chi connectivity index (χ4n) is 2.33. The molecule has 18 heavy (non-hydrogen) atoms. The minimum atomic E-state index is 0.109. The lowest BCUT2D eigenvalue weighted by Gasteiger charge is -2.31. The van der Waals surface area contributed by atoms with Crippen molar-refractivity contribution in [3.63, 3.8) is 0 Å². The molecule has 0 unspecified atom stereocenters. The fourth-order valence-corrected chi connectivity index (χ4v) is 2.33. The number of nitrogens with zero attached hydrogens (tertiary/aromatic N) is 3. The van der Waals surface area contributed by atoms with E-state index >= 15 is 0 Å². The Balaban J connectivity index is 2.19. The Morgan fingerprint density at radius 1 is 1.56 bits per heavy atom. The van der Waals surface area contributed by atoms with Gasteiger partial charge in [0.25, 0.3) is 5.91 Å². The van der Waals surface area contributed by atoms with E-state index in [1.54, 1.807) is 0 Å². The predicted molar refractivity (Wildman–Crippen MR) is 70.6 cm³/mol. The van der Waals surface area contributed by atoms with E-state index in [0.717, 1.165) is 44.0 Å². The quantitative estimate of drug-likeness (QED) is 0.867. The first-order chi connectivity index (χ1) is 8.65. The van der Waals surface area contributed by atoms with Crippen molar-refractivity contribution in [2.45, 2.75) is 39.8 Å². The van der Waals surface area contributed by atoms with E-state index in [1.165, 1.54) is 0 Å². The molecule has 100 valence electrons. The SMILES string of the molecule is CCc1cc(C(=O)N2CCN[C@@H](C)C2)n(CC)n1. The van der Waals surface area contributed by atoms with Gasteiger partial charge < -0.3 is 10.2 Å². The molecular formula is C13H22N4O. The first-order valence-corrected chi connectivity index (χ1v) is 6.75. The monoisotopic (exact) mass is 250 g/mol. The zero-order valence-corrected chi connectivity index (χ0v) is 11.4. The van der Waals surface area contributed by atoms with Crippen molar-refractivity contribution >= 4 is 5.91 Å². The van der Waals surface area contributed by atoms with Gasteiger partial charge >= 0.3 is 0 Å². The third kappa shape index (κ3) is 2.56. The smallest absolute Gasteiger partial charge is 0.272 e. The average Bonchev–Trinajstić information content (AvgIpc) is 2.81. The molecule has 1 fully saturated rings.